The van der Waals surface area contributed by atoms with E-state index in [0.29, 0.717) is 11.7 Å². The highest BCUT2D eigenvalue weighted by Gasteiger charge is 2.41. The standard InChI is InChI=1S/C14H23N3O/c1-5-17-13(9-15-16-17)14(3,4)11-7-6-10(2)8-12(11)18/h9-11H,5-8H2,1-4H3. The number of carbonyl (C=O) groups is 1. The van der Waals surface area contributed by atoms with Crippen molar-refractivity contribution >= 4 is 5.78 Å². The summed E-state index contributed by atoms with van der Waals surface area (Å²) < 4.78 is 1.91. The predicted octanol–water partition coefficient (Wildman–Crippen LogP) is 2.58. The molecule has 1 aromatic rings. The van der Waals surface area contributed by atoms with Gasteiger partial charge in [0.1, 0.15) is 5.78 Å². The van der Waals surface area contributed by atoms with Crippen LogP contribution < -0.4 is 0 Å². The van der Waals surface area contributed by atoms with E-state index in [1.807, 2.05) is 10.9 Å². The van der Waals surface area contributed by atoms with Gasteiger partial charge in [0, 0.05) is 24.3 Å². The Kier molecular flexibility index (Phi) is 3.55. The summed E-state index contributed by atoms with van der Waals surface area (Å²) in [6, 6.07) is 0. The third kappa shape index (κ3) is 2.20. The second-order valence-corrected chi connectivity index (χ2v) is 6.06. The quantitative estimate of drug-likeness (QED) is 0.827. The second kappa shape index (κ2) is 4.82. The molecule has 1 aliphatic carbocycles. The molecule has 0 amide bonds. The predicted molar refractivity (Wildman–Crippen MR) is 70.2 cm³/mol. The lowest BCUT2D eigenvalue weighted by atomic mass is 9.67. The molecule has 0 bridgehead atoms. The van der Waals surface area contributed by atoms with Crippen molar-refractivity contribution in [2.75, 3.05) is 0 Å². The van der Waals surface area contributed by atoms with E-state index in [1.54, 1.807) is 0 Å². The Balaban J connectivity index is 2.28. The molecule has 1 saturated carbocycles. The van der Waals surface area contributed by atoms with Crippen molar-refractivity contribution < 1.29 is 4.79 Å². The Labute approximate surface area is 109 Å². The zero-order chi connectivity index (χ0) is 13.3. The van der Waals surface area contributed by atoms with Crippen LogP contribution in [0.15, 0.2) is 6.20 Å². The summed E-state index contributed by atoms with van der Waals surface area (Å²) >= 11 is 0. The van der Waals surface area contributed by atoms with Crippen LogP contribution in [0.2, 0.25) is 0 Å². The monoisotopic (exact) mass is 249 g/mol. The van der Waals surface area contributed by atoms with Crippen LogP contribution in [-0.4, -0.2) is 20.8 Å². The largest absolute Gasteiger partial charge is 0.299 e. The molecule has 4 heteroatoms. The average molecular weight is 249 g/mol. The number of aryl methyl sites for hydroxylation is 1. The number of Topliss-reactive ketones (excluding diaryl/α,β-unsaturated/α-hetero) is 1. The summed E-state index contributed by atoms with van der Waals surface area (Å²) in [5.74, 6) is 1.05. The molecule has 0 spiro atoms. The van der Waals surface area contributed by atoms with Gasteiger partial charge in [0.15, 0.2) is 0 Å². The van der Waals surface area contributed by atoms with Crippen LogP contribution in [0.5, 0.6) is 0 Å². The first-order valence-electron chi connectivity index (χ1n) is 6.88. The van der Waals surface area contributed by atoms with Gasteiger partial charge < -0.3 is 0 Å². The first-order valence-corrected chi connectivity index (χ1v) is 6.88. The first-order chi connectivity index (χ1) is 8.46. The minimum absolute atomic E-state index is 0.109. The van der Waals surface area contributed by atoms with Gasteiger partial charge >= 0.3 is 0 Å². The summed E-state index contributed by atoms with van der Waals surface area (Å²) in [6.45, 7) is 9.32. The summed E-state index contributed by atoms with van der Waals surface area (Å²) in [5.41, 5.74) is 0.911. The SMILES string of the molecule is CCn1nncc1C(C)(C)C1CCC(C)CC1=O. The van der Waals surface area contributed by atoms with Crippen LogP contribution in [0, 0.1) is 11.8 Å². The molecule has 100 valence electrons. The minimum atomic E-state index is -0.170. The van der Waals surface area contributed by atoms with Crippen molar-refractivity contribution in [3.05, 3.63) is 11.9 Å². The van der Waals surface area contributed by atoms with Gasteiger partial charge in [0.25, 0.3) is 0 Å². The molecule has 0 saturated heterocycles. The molecule has 1 heterocycles. The van der Waals surface area contributed by atoms with E-state index in [9.17, 15) is 4.79 Å². The van der Waals surface area contributed by atoms with Gasteiger partial charge in [-0.25, -0.2) is 4.68 Å². The Morgan fingerprint density at radius 2 is 2.17 bits per heavy atom. The fourth-order valence-electron chi connectivity index (χ4n) is 3.13. The molecule has 0 radical (unpaired) electrons. The van der Waals surface area contributed by atoms with Crippen molar-refractivity contribution in [3.8, 4) is 0 Å². The lowest BCUT2D eigenvalue weighted by Gasteiger charge is -2.37. The van der Waals surface area contributed by atoms with E-state index in [0.717, 1.165) is 31.5 Å². The molecule has 2 rings (SSSR count). The van der Waals surface area contributed by atoms with Gasteiger partial charge in [-0.05, 0) is 25.7 Å². The summed E-state index contributed by atoms with van der Waals surface area (Å²) in [7, 11) is 0. The third-order valence-corrected chi connectivity index (χ3v) is 4.34. The Morgan fingerprint density at radius 1 is 1.44 bits per heavy atom. The number of carbonyl (C=O) groups excluding carboxylic acids is 1. The van der Waals surface area contributed by atoms with Crippen LogP contribution in [0.25, 0.3) is 0 Å². The van der Waals surface area contributed by atoms with E-state index in [4.69, 9.17) is 0 Å². The topological polar surface area (TPSA) is 47.8 Å². The maximum absolute atomic E-state index is 12.3. The van der Waals surface area contributed by atoms with Gasteiger partial charge in [-0.2, -0.15) is 0 Å². The lowest BCUT2D eigenvalue weighted by Crippen LogP contribution is -2.39. The van der Waals surface area contributed by atoms with Gasteiger partial charge in [-0.3, -0.25) is 4.79 Å². The zero-order valence-corrected chi connectivity index (χ0v) is 11.8. The average Bonchev–Trinajstić information content (AvgIpc) is 2.76. The number of hydrogen-bond donors (Lipinski definition) is 0. The van der Waals surface area contributed by atoms with E-state index < -0.39 is 0 Å². The molecule has 2 atom stereocenters. The van der Waals surface area contributed by atoms with Crippen molar-refractivity contribution in [2.24, 2.45) is 11.8 Å². The number of ketones is 1. The molecule has 0 N–H and O–H groups in total. The smallest absolute Gasteiger partial charge is 0.137 e. The van der Waals surface area contributed by atoms with Gasteiger partial charge in [0.05, 0.1) is 11.9 Å². The normalized spacial score (nSPS) is 25.4. The summed E-state index contributed by atoms with van der Waals surface area (Å²) in [5, 5.41) is 8.09. The van der Waals surface area contributed by atoms with Crippen LogP contribution in [0.1, 0.15) is 52.7 Å². The molecule has 1 aliphatic rings. The third-order valence-electron chi connectivity index (χ3n) is 4.34. The van der Waals surface area contributed by atoms with Crippen LogP contribution >= 0.6 is 0 Å². The Hall–Kier alpha value is -1.19. The van der Waals surface area contributed by atoms with Crippen molar-refractivity contribution in [1.82, 2.24) is 15.0 Å². The molecule has 2 unspecified atom stereocenters. The zero-order valence-electron chi connectivity index (χ0n) is 11.8. The molecule has 0 aromatic carbocycles. The number of nitrogens with zero attached hydrogens (tertiary/aromatic N) is 3. The minimum Gasteiger partial charge on any atom is -0.299 e. The highest BCUT2D eigenvalue weighted by atomic mass is 16.1. The highest BCUT2D eigenvalue weighted by Crippen LogP contribution is 2.39. The molecule has 18 heavy (non-hydrogen) atoms. The lowest BCUT2D eigenvalue weighted by molar-refractivity contribution is -0.128. The molecular formula is C14H23N3O. The number of hydrogen-bond acceptors (Lipinski definition) is 3. The van der Waals surface area contributed by atoms with Crippen LogP contribution in [0.3, 0.4) is 0 Å². The van der Waals surface area contributed by atoms with Crippen molar-refractivity contribution in [3.63, 3.8) is 0 Å². The van der Waals surface area contributed by atoms with Crippen molar-refractivity contribution in [1.29, 1.82) is 0 Å². The fourth-order valence-corrected chi connectivity index (χ4v) is 3.13. The van der Waals surface area contributed by atoms with Gasteiger partial charge in [0.2, 0.25) is 0 Å². The first kappa shape index (κ1) is 13.2. The summed E-state index contributed by atoms with van der Waals surface area (Å²) in [4.78, 5) is 12.3. The van der Waals surface area contributed by atoms with E-state index in [1.165, 1.54) is 0 Å². The molecule has 4 nitrogen and oxygen atoms in total. The Bertz CT molecular complexity index is 436. The maximum atomic E-state index is 12.3. The van der Waals surface area contributed by atoms with E-state index in [-0.39, 0.29) is 11.3 Å². The van der Waals surface area contributed by atoms with Crippen molar-refractivity contribution in [2.45, 2.75) is 58.9 Å². The molecule has 0 aliphatic heterocycles. The molecule has 1 aromatic heterocycles. The number of aromatic nitrogens is 3. The molecule has 1 fully saturated rings. The van der Waals surface area contributed by atoms with Gasteiger partial charge in [-0.1, -0.05) is 26.0 Å². The van der Waals surface area contributed by atoms with E-state index in [2.05, 4.69) is 38.0 Å². The van der Waals surface area contributed by atoms with Gasteiger partial charge in [-0.15, -0.1) is 5.10 Å². The highest BCUT2D eigenvalue weighted by molar-refractivity contribution is 5.83. The molecular weight excluding hydrogens is 226 g/mol. The summed E-state index contributed by atoms with van der Waals surface area (Å²) in [6.07, 6.45) is 4.67. The van der Waals surface area contributed by atoms with Crippen LogP contribution in [-0.2, 0) is 16.8 Å². The fraction of sp³-hybridized carbons (Fsp3) is 0.786. The van der Waals surface area contributed by atoms with Crippen LogP contribution in [0.4, 0.5) is 0 Å². The number of rotatable bonds is 3. The Morgan fingerprint density at radius 3 is 2.78 bits per heavy atom. The maximum Gasteiger partial charge on any atom is 0.137 e. The van der Waals surface area contributed by atoms with E-state index >= 15 is 0 Å². The second-order valence-electron chi connectivity index (χ2n) is 6.06.